The molecule has 1 fully saturated rings. The van der Waals surface area contributed by atoms with Crippen LogP contribution in [0, 0.1) is 0 Å². The van der Waals surface area contributed by atoms with Gasteiger partial charge in [-0.1, -0.05) is 12.1 Å². The van der Waals surface area contributed by atoms with Crippen LogP contribution in [0.2, 0.25) is 0 Å². The van der Waals surface area contributed by atoms with E-state index in [1.54, 1.807) is 0 Å². The second-order valence-electron chi connectivity index (χ2n) is 7.26. The van der Waals surface area contributed by atoms with Crippen molar-refractivity contribution in [3.8, 4) is 0 Å². The van der Waals surface area contributed by atoms with Crippen LogP contribution in [0.5, 0.6) is 0 Å². The molecule has 3 N–H and O–H groups in total. The summed E-state index contributed by atoms with van der Waals surface area (Å²) in [6, 6.07) is 15.8. The number of benzene rings is 2. The lowest BCUT2D eigenvalue weighted by Crippen LogP contribution is -2.29. The van der Waals surface area contributed by atoms with Crippen LogP contribution < -0.4 is 10.2 Å². The first-order valence-corrected chi connectivity index (χ1v) is 9.93. The molecular weight excluding hydrogens is 370 g/mol. The van der Waals surface area contributed by atoms with Crippen molar-refractivity contribution in [1.29, 1.82) is 0 Å². The van der Waals surface area contributed by atoms with Gasteiger partial charge in [-0.25, -0.2) is 5.06 Å². The van der Waals surface area contributed by atoms with Gasteiger partial charge in [-0.2, -0.15) is 0 Å². The molecule has 1 saturated heterocycles. The first-order valence-electron chi connectivity index (χ1n) is 9.93. The van der Waals surface area contributed by atoms with Crippen LogP contribution in [0.15, 0.2) is 48.5 Å². The highest BCUT2D eigenvalue weighted by molar-refractivity contribution is 5.79. The van der Waals surface area contributed by atoms with Crippen molar-refractivity contribution in [3.05, 3.63) is 54.1 Å². The number of hydroxylamine groups is 2. The lowest BCUT2D eigenvalue weighted by molar-refractivity contribution is -0.169. The van der Waals surface area contributed by atoms with Crippen LogP contribution in [0.1, 0.15) is 37.7 Å². The Kier molecular flexibility index (Phi) is 7.08. The third-order valence-corrected chi connectivity index (χ3v) is 5.00. The number of piperidine rings is 1. The second-order valence-corrected chi connectivity index (χ2v) is 7.26. The highest BCUT2D eigenvalue weighted by atomic mass is 16.5. The Labute approximate surface area is 170 Å². The summed E-state index contributed by atoms with van der Waals surface area (Å²) < 4.78 is 0. The summed E-state index contributed by atoms with van der Waals surface area (Å²) in [7, 11) is 0. The van der Waals surface area contributed by atoms with Crippen molar-refractivity contribution in [3.63, 3.8) is 0 Å². The molecule has 2 aromatic carbocycles. The lowest BCUT2D eigenvalue weighted by atomic mass is 10.1. The number of nitrogens with zero attached hydrogens (tertiary/aromatic N) is 2. The van der Waals surface area contributed by atoms with Crippen molar-refractivity contribution in [2.45, 2.75) is 38.6 Å². The lowest BCUT2D eigenvalue weighted by Gasteiger charge is -2.28. The third kappa shape index (κ3) is 6.22. The average molecular weight is 397 g/mol. The molecule has 0 radical (unpaired) electrons. The van der Waals surface area contributed by atoms with E-state index in [1.807, 2.05) is 24.3 Å². The number of carboxylic acids is 1. The first kappa shape index (κ1) is 20.7. The summed E-state index contributed by atoms with van der Waals surface area (Å²) in [5, 5.41) is 22.3. The number of nitrogens with one attached hydrogen (secondary N) is 1. The Bertz CT molecular complexity index is 815. The number of aliphatic carboxylic acids is 1. The molecule has 29 heavy (non-hydrogen) atoms. The topological polar surface area (TPSA) is 93.1 Å². The molecule has 1 aliphatic rings. The molecule has 0 atom stereocenters. The summed E-state index contributed by atoms with van der Waals surface area (Å²) in [4.78, 5) is 24.6. The smallest absolute Gasteiger partial charge is 0.303 e. The van der Waals surface area contributed by atoms with Gasteiger partial charge in [-0.15, -0.1) is 0 Å². The van der Waals surface area contributed by atoms with Gasteiger partial charge in [0.05, 0.1) is 13.0 Å². The number of anilines is 3. The minimum atomic E-state index is -1.06. The summed E-state index contributed by atoms with van der Waals surface area (Å²) in [6.45, 7) is 2.26. The minimum absolute atomic E-state index is 0.0171. The van der Waals surface area contributed by atoms with Gasteiger partial charge < -0.3 is 15.3 Å². The molecule has 7 heteroatoms. The van der Waals surface area contributed by atoms with Gasteiger partial charge in [-0.3, -0.25) is 14.8 Å². The van der Waals surface area contributed by atoms with Crippen LogP contribution in [0.3, 0.4) is 0 Å². The van der Waals surface area contributed by atoms with Gasteiger partial charge in [0.2, 0.25) is 5.91 Å². The van der Waals surface area contributed by atoms with Gasteiger partial charge >= 0.3 is 5.97 Å². The standard InChI is InChI=1S/C22H27N3O4/c26-21(12-13-22(27)28)25(29)16-17-4-6-18(7-5-17)23-19-8-10-20(11-9-19)24-14-2-1-3-15-24/h4-11,23,29H,1-3,12-16H2,(H,27,28). The molecule has 7 nitrogen and oxygen atoms in total. The molecular formula is C22H27N3O4. The van der Waals surface area contributed by atoms with Crippen LogP contribution in [0.4, 0.5) is 17.1 Å². The summed E-state index contributed by atoms with van der Waals surface area (Å²) in [6.07, 6.45) is 3.30. The summed E-state index contributed by atoms with van der Waals surface area (Å²) in [5.74, 6) is -1.67. The van der Waals surface area contributed by atoms with Crippen molar-refractivity contribution in [2.24, 2.45) is 0 Å². The number of amides is 1. The second kappa shape index (κ2) is 9.93. The van der Waals surface area contributed by atoms with E-state index in [2.05, 4.69) is 34.5 Å². The van der Waals surface area contributed by atoms with Crippen LogP contribution in [-0.4, -0.2) is 40.3 Å². The van der Waals surface area contributed by atoms with Gasteiger partial charge in [0.25, 0.3) is 0 Å². The van der Waals surface area contributed by atoms with Crippen molar-refractivity contribution >= 4 is 28.9 Å². The van der Waals surface area contributed by atoms with Crippen molar-refractivity contribution < 1.29 is 19.9 Å². The highest BCUT2D eigenvalue weighted by Crippen LogP contribution is 2.24. The Balaban J connectivity index is 1.52. The van der Waals surface area contributed by atoms with E-state index in [0.29, 0.717) is 5.06 Å². The molecule has 0 aliphatic carbocycles. The summed E-state index contributed by atoms with van der Waals surface area (Å²) >= 11 is 0. The molecule has 0 bridgehead atoms. The number of rotatable bonds is 8. The normalized spacial score (nSPS) is 13.8. The molecule has 154 valence electrons. The number of hydrogen-bond donors (Lipinski definition) is 3. The monoisotopic (exact) mass is 397 g/mol. The Morgan fingerprint density at radius 1 is 0.897 bits per heavy atom. The fourth-order valence-electron chi connectivity index (χ4n) is 3.37. The number of hydrogen-bond acceptors (Lipinski definition) is 5. The van der Waals surface area contributed by atoms with E-state index in [1.165, 1.54) is 24.9 Å². The van der Waals surface area contributed by atoms with E-state index < -0.39 is 11.9 Å². The zero-order valence-corrected chi connectivity index (χ0v) is 16.4. The third-order valence-electron chi connectivity index (χ3n) is 5.00. The maximum atomic E-state index is 11.7. The van der Waals surface area contributed by atoms with E-state index in [4.69, 9.17) is 5.11 Å². The van der Waals surface area contributed by atoms with E-state index in [9.17, 15) is 14.8 Å². The molecule has 1 aliphatic heterocycles. The van der Waals surface area contributed by atoms with Crippen LogP contribution in [0.25, 0.3) is 0 Å². The van der Waals surface area contributed by atoms with Gasteiger partial charge in [0, 0.05) is 36.6 Å². The maximum Gasteiger partial charge on any atom is 0.303 e. The molecule has 0 spiro atoms. The maximum absolute atomic E-state index is 11.7. The van der Waals surface area contributed by atoms with Crippen molar-refractivity contribution in [1.82, 2.24) is 5.06 Å². The molecule has 2 aromatic rings. The molecule has 3 rings (SSSR count). The molecule has 0 unspecified atom stereocenters. The number of carbonyl (C=O) groups is 2. The van der Waals surface area contributed by atoms with Gasteiger partial charge in [0.15, 0.2) is 0 Å². The predicted molar refractivity (Wildman–Crippen MR) is 111 cm³/mol. The number of carboxylic acid groups (broad SMARTS) is 1. The fourth-order valence-corrected chi connectivity index (χ4v) is 3.37. The summed E-state index contributed by atoms with van der Waals surface area (Å²) in [5.41, 5.74) is 3.90. The van der Waals surface area contributed by atoms with E-state index in [-0.39, 0.29) is 19.4 Å². The average Bonchev–Trinajstić information content (AvgIpc) is 2.74. The fraction of sp³-hybridized carbons (Fsp3) is 0.364. The minimum Gasteiger partial charge on any atom is -0.481 e. The Hall–Kier alpha value is -3.06. The SMILES string of the molecule is O=C(O)CCC(=O)N(O)Cc1ccc(Nc2ccc(N3CCCCC3)cc2)cc1. The zero-order valence-electron chi connectivity index (χ0n) is 16.4. The quantitative estimate of drug-likeness (QED) is 0.460. The van der Waals surface area contributed by atoms with E-state index >= 15 is 0 Å². The first-order chi connectivity index (χ1) is 14.0. The van der Waals surface area contributed by atoms with Crippen LogP contribution in [-0.2, 0) is 16.1 Å². The van der Waals surface area contributed by atoms with Crippen molar-refractivity contribution in [2.75, 3.05) is 23.3 Å². The Morgan fingerprint density at radius 3 is 2.07 bits per heavy atom. The molecule has 0 aromatic heterocycles. The van der Waals surface area contributed by atoms with E-state index in [0.717, 1.165) is 30.0 Å². The van der Waals surface area contributed by atoms with Crippen LogP contribution >= 0.6 is 0 Å². The highest BCUT2D eigenvalue weighted by Gasteiger charge is 2.13. The Morgan fingerprint density at radius 2 is 1.48 bits per heavy atom. The van der Waals surface area contributed by atoms with Gasteiger partial charge in [-0.05, 0) is 61.2 Å². The van der Waals surface area contributed by atoms with Gasteiger partial charge in [0.1, 0.15) is 0 Å². The molecule has 1 heterocycles. The predicted octanol–water partition coefficient (Wildman–Crippen LogP) is 4.00. The largest absolute Gasteiger partial charge is 0.481 e. The number of carbonyl (C=O) groups excluding carboxylic acids is 1. The molecule has 0 saturated carbocycles. The molecule has 1 amide bonds. The zero-order chi connectivity index (χ0) is 20.6.